The highest BCUT2D eigenvalue weighted by molar-refractivity contribution is 5.79. The van der Waals surface area contributed by atoms with E-state index in [-0.39, 0.29) is 0 Å². The van der Waals surface area contributed by atoms with Crippen LogP contribution in [0.15, 0.2) is 47.5 Å². The van der Waals surface area contributed by atoms with Gasteiger partial charge < -0.3 is 25.0 Å². The molecule has 0 saturated carbocycles. The van der Waals surface area contributed by atoms with Crippen molar-refractivity contribution in [2.45, 2.75) is 33.5 Å². The molecule has 0 heterocycles. The van der Waals surface area contributed by atoms with E-state index in [1.807, 2.05) is 18.2 Å². The van der Waals surface area contributed by atoms with Gasteiger partial charge in [-0.05, 0) is 49.3 Å². The second-order valence-electron chi connectivity index (χ2n) is 6.89. The smallest absolute Gasteiger partial charge is 0.191 e. The molecule has 0 aliphatic carbocycles. The number of hydrogen-bond donors (Lipinski definition) is 2. The number of nitrogens with one attached hydrogen (secondary N) is 2. The Morgan fingerprint density at radius 2 is 1.69 bits per heavy atom. The molecule has 6 nitrogen and oxygen atoms in total. The van der Waals surface area contributed by atoms with Gasteiger partial charge in [0.2, 0.25) is 0 Å². The zero-order valence-corrected chi connectivity index (χ0v) is 18.3. The predicted molar refractivity (Wildman–Crippen MR) is 120 cm³/mol. The first-order chi connectivity index (χ1) is 14.1. The Morgan fingerprint density at radius 1 is 0.931 bits per heavy atom. The van der Waals surface area contributed by atoms with E-state index in [0.29, 0.717) is 13.1 Å². The minimum absolute atomic E-state index is 0.630. The summed E-state index contributed by atoms with van der Waals surface area (Å²) in [4.78, 5) is 7.03. The Labute approximate surface area is 174 Å². The molecule has 0 spiro atoms. The maximum Gasteiger partial charge on any atom is 0.191 e. The van der Waals surface area contributed by atoms with Crippen molar-refractivity contribution in [1.29, 1.82) is 0 Å². The monoisotopic (exact) mass is 398 g/mol. The van der Waals surface area contributed by atoms with Crippen molar-refractivity contribution >= 4 is 5.96 Å². The van der Waals surface area contributed by atoms with Crippen molar-refractivity contribution < 1.29 is 9.47 Å². The van der Waals surface area contributed by atoms with Gasteiger partial charge in [0, 0.05) is 19.6 Å². The third-order valence-electron chi connectivity index (χ3n) is 4.66. The van der Waals surface area contributed by atoms with E-state index in [4.69, 9.17) is 14.5 Å². The second-order valence-corrected chi connectivity index (χ2v) is 6.89. The van der Waals surface area contributed by atoms with E-state index >= 15 is 0 Å². The van der Waals surface area contributed by atoms with Gasteiger partial charge in [-0.15, -0.1) is 0 Å². The Bertz CT molecular complexity index is 792. The van der Waals surface area contributed by atoms with Gasteiger partial charge in [-0.25, -0.2) is 4.99 Å². The number of aliphatic imine (C=N–C) groups is 1. The van der Waals surface area contributed by atoms with Crippen LogP contribution in [0.25, 0.3) is 0 Å². The van der Waals surface area contributed by atoms with Crippen LogP contribution in [0.4, 0.5) is 0 Å². The standard InChI is InChI=1S/C23H34N4O2/c1-6-24-23(26-16-19-11-12-21(28-4)22(14-19)29-5)25-15-18-9-8-10-20(13-18)17-27(3)7-2/h8-14H,6-7,15-17H2,1-5H3,(H2,24,25,26). The molecule has 0 aliphatic rings. The summed E-state index contributed by atoms with van der Waals surface area (Å²) in [7, 11) is 5.42. The SMILES string of the molecule is CCNC(=NCc1cccc(CN(C)CC)c1)NCc1ccc(OC)c(OC)c1. The molecule has 0 saturated heterocycles. The van der Waals surface area contributed by atoms with Crippen LogP contribution in [-0.4, -0.2) is 45.2 Å². The molecule has 0 radical (unpaired) electrons. The molecule has 0 aromatic heterocycles. The van der Waals surface area contributed by atoms with E-state index < -0.39 is 0 Å². The second kappa shape index (κ2) is 12.0. The lowest BCUT2D eigenvalue weighted by Gasteiger charge is -2.15. The Kier molecular flexibility index (Phi) is 9.31. The average molecular weight is 399 g/mol. The zero-order chi connectivity index (χ0) is 21.1. The molecule has 0 amide bonds. The van der Waals surface area contributed by atoms with Gasteiger partial charge in [0.25, 0.3) is 0 Å². The van der Waals surface area contributed by atoms with Gasteiger partial charge in [-0.3, -0.25) is 0 Å². The van der Waals surface area contributed by atoms with Crippen molar-refractivity contribution in [2.24, 2.45) is 4.99 Å². The first-order valence-electron chi connectivity index (χ1n) is 10.1. The molecule has 0 bridgehead atoms. The van der Waals surface area contributed by atoms with E-state index in [9.17, 15) is 0 Å². The van der Waals surface area contributed by atoms with Crippen LogP contribution in [0.1, 0.15) is 30.5 Å². The van der Waals surface area contributed by atoms with Gasteiger partial charge in [0.1, 0.15) is 0 Å². The molecule has 6 heteroatoms. The summed E-state index contributed by atoms with van der Waals surface area (Å²) in [5, 5.41) is 6.69. The maximum absolute atomic E-state index is 5.38. The molecule has 2 N–H and O–H groups in total. The topological polar surface area (TPSA) is 58.1 Å². The van der Waals surface area contributed by atoms with Crippen molar-refractivity contribution in [3.8, 4) is 11.5 Å². The lowest BCUT2D eigenvalue weighted by atomic mass is 10.1. The maximum atomic E-state index is 5.38. The summed E-state index contributed by atoms with van der Waals surface area (Å²) < 4.78 is 10.7. The van der Waals surface area contributed by atoms with Crippen LogP contribution >= 0.6 is 0 Å². The van der Waals surface area contributed by atoms with Gasteiger partial charge in [0.15, 0.2) is 17.5 Å². The van der Waals surface area contributed by atoms with Crippen molar-refractivity contribution in [3.05, 3.63) is 59.2 Å². The lowest BCUT2D eigenvalue weighted by molar-refractivity contribution is 0.345. The normalized spacial score (nSPS) is 11.4. The summed E-state index contributed by atoms with van der Waals surface area (Å²) in [5.41, 5.74) is 3.61. The molecular formula is C23H34N4O2. The van der Waals surface area contributed by atoms with E-state index in [1.54, 1.807) is 14.2 Å². The molecule has 158 valence electrons. The quantitative estimate of drug-likeness (QED) is 0.474. The average Bonchev–Trinajstić information content (AvgIpc) is 2.75. The Balaban J connectivity index is 2.02. The first kappa shape index (κ1) is 22.6. The lowest BCUT2D eigenvalue weighted by Crippen LogP contribution is -2.36. The highest BCUT2D eigenvalue weighted by Crippen LogP contribution is 2.27. The predicted octanol–water partition coefficient (Wildman–Crippen LogP) is 3.41. The number of rotatable bonds is 10. The molecule has 2 aromatic carbocycles. The summed E-state index contributed by atoms with van der Waals surface area (Å²) in [6, 6.07) is 14.5. The van der Waals surface area contributed by atoms with Gasteiger partial charge in [-0.2, -0.15) is 0 Å². The molecule has 0 fully saturated rings. The van der Waals surface area contributed by atoms with Gasteiger partial charge in [-0.1, -0.05) is 37.3 Å². The highest BCUT2D eigenvalue weighted by atomic mass is 16.5. The minimum Gasteiger partial charge on any atom is -0.493 e. The molecule has 29 heavy (non-hydrogen) atoms. The zero-order valence-electron chi connectivity index (χ0n) is 18.3. The number of hydrogen-bond acceptors (Lipinski definition) is 4. The largest absolute Gasteiger partial charge is 0.493 e. The summed E-state index contributed by atoms with van der Waals surface area (Å²) in [6.07, 6.45) is 0. The van der Waals surface area contributed by atoms with Gasteiger partial charge in [0.05, 0.1) is 20.8 Å². The van der Waals surface area contributed by atoms with Crippen molar-refractivity contribution in [3.63, 3.8) is 0 Å². The van der Waals surface area contributed by atoms with Crippen LogP contribution in [0.2, 0.25) is 0 Å². The fourth-order valence-electron chi connectivity index (χ4n) is 2.94. The molecule has 2 aromatic rings. The highest BCUT2D eigenvalue weighted by Gasteiger charge is 2.06. The summed E-state index contributed by atoms with van der Waals surface area (Å²) in [5.74, 6) is 2.24. The first-order valence-corrected chi connectivity index (χ1v) is 10.1. The molecular weight excluding hydrogens is 364 g/mol. The number of guanidine groups is 1. The molecule has 0 unspecified atom stereocenters. The van der Waals surface area contributed by atoms with E-state index in [2.05, 4.69) is 60.7 Å². The van der Waals surface area contributed by atoms with Crippen LogP contribution in [-0.2, 0) is 19.6 Å². The van der Waals surface area contributed by atoms with E-state index in [1.165, 1.54) is 11.1 Å². The third-order valence-corrected chi connectivity index (χ3v) is 4.66. The number of ether oxygens (including phenoxy) is 2. The minimum atomic E-state index is 0.630. The van der Waals surface area contributed by atoms with Crippen molar-refractivity contribution in [1.82, 2.24) is 15.5 Å². The fourth-order valence-corrected chi connectivity index (χ4v) is 2.94. The van der Waals surface area contributed by atoms with Crippen LogP contribution in [0, 0.1) is 0 Å². The summed E-state index contributed by atoms with van der Waals surface area (Å²) in [6.45, 7) is 8.30. The van der Waals surface area contributed by atoms with Gasteiger partial charge >= 0.3 is 0 Å². The molecule has 0 aliphatic heterocycles. The third kappa shape index (κ3) is 7.31. The number of benzene rings is 2. The summed E-state index contributed by atoms with van der Waals surface area (Å²) >= 11 is 0. The Hall–Kier alpha value is -2.73. The molecule has 0 atom stereocenters. The fraction of sp³-hybridized carbons (Fsp3) is 0.435. The molecule has 2 rings (SSSR count). The number of nitrogens with zero attached hydrogens (tertiary/aromatic N) is 2. The van der Waals surface area contributed by atoms with Crippen LogP contribution in [0.3, 0.4) is 0 Å². The van der Waals surface area contributed by atoms with Crippen LogP contribution in [0.5, 0.6) is 11.5 Å². The van der Waals surface area contributed by atoms with E-state index in [0.717, 1.165) is 42.7 Å². The van der Waals surface area contributed by atoms with Crippen LogP contribution < -0.4 is 20.1 Å². The van der Waals surface area contributed by atoms with Crippen molar-refractivity contribution in [2.75, 3.05) is 34.4 Å². The number of methoxy groups -OCH3 is 2. The Morgan fingerprint density at radius 3 is 2.38 bits per heavy atom.